The number of amides is 1. The van der Waals surface area contributed by atoms with Gasteiger partial charge < -0.3 is 19.8 Å². The summed E-state index contributed by atoms with van der Waals surface area (Å²) in [5, 5.41) is 20.7. The van der Waals surface area contributed by atoms with E-state index in [1.807, 2.05) is 0 Å². The molecule has 3 aromatic rings. The van der Waals surface area contributed by atoms with Gasteiger partial charge in [0.15, 0.2) is 6.10 Å². The third-order valence-electron chi connectivity index (χ3n) is 6.39. The van der Waals surface area contributed by atoms with E-state index >= 15 is 0 Å². The van der Waals surface area contributed by atoms with E-state index in [4.69, 9.17) is 4.74 Å². The maximum Gasteiger partial charge on any atom is 0.430 e. The van der Waals surface area contributed by atoms with Crippen LogP contribution in [0.25, 0.3) is 0 Å². The second-order valence-electron chi connectivity index (χ2n) is 8.90. The molecule has 0 aromatic heterocycles. The highest BCUT2D eigenvalue weighted by molar-refractivity contribution is 5.98. The molecule has 5 nitrogen and oxygen atoms in total. The first-order valence-corrected chi connectivity index (χ1v) is 11.6. The molecule has 1 amide bonds. The highest BCUT2D eigenvalue weighted by Crippen LogP contribution is 2.50. The number of hydrogen-bond donors (Lipinski definition) is 2. The van der Waals surface area contributed by atoms with Gasteiger partial charge in [-0.3, -0.25) is 4.79 Å². The monoisotopic (exact) mass is 539 g/mol. The van der Waals surface area contributed by atoms with Crippen molar-refractivity contribution in [3.05, 3.63) is 95.6 Å². The minimum atomic E-state index is -6.05. The summed E-state index contributed by atoms with van der Waals surface area (Å²) in [6.07, 6.45) is -14.4. The molecule has 1 heterocycles. The van der Waals surface area contributed by atoms with Crippen molar-refractivity contribution in [1.82, 2.24) is 0 Å². The van der Waals surface area contributed by atoms with Crippen molar-refractivity contribution < 1.29 is 46.1 Å². The van der Waals surface area contributed by atoms with Crippen LogP contribution >= 0.6 is 0 Å². The van der Waals surface area contributed by atoms with Crippen LogP contribution in [0, 0.1) is 0 Å². The first-order chi connectivity index (χ1) is 17.8. The number of alkyl halides is 6. The number of nitrogens with zero attached hydrogens (tertiary/aromatic N) is 1. The molecule has 0 bridgehead atoms. The molecule has 0 saturated heterocycles. The SMILES string of the molecule is O=C(C(O)c1ccccc1)N1CC(Oc2ccccc2)CCc2cc(C(O)(C(F)(F)F)C(F)(F)F)ccc21. The number of carbonyl (C=O) groups is 1. The van der Waals surface area contributed by atoms with E-state index in [0.29, 0.717) is 17.9 Å². The number of anilines is 1. The number of benzene rings is 3. The van der Waals surface area contributed by atoms with Crippen LogP contribution in [0.5, 0.6) is 5.75 Å². The Morgan fingerprint density at radius 2 is 1.47 bits per heavy atom. The number of carbonyl (C=O) groups excluding carboxylic acids is 1. The van der Waals surface area contributed by atoms with Gasteiger partial charge in [-0.1, -0.05) is 60.7 Å². The third kappa shape index (κ3) is 5.21. The van der Waals surface area contributed by atoms with Crippen molar-refractivity contribution in [2.75, 3.05) is 11.4 Å². The van der Waals surface area contributed by atoms with Crippen LogP contribution < -0.4 is 9.64 Å². The van der Waals surface area contributed by atoms with Crippen LogP contribution in [0.1, 0.15) is 29.2 Å². The Morgan fingerprint density at radius 3 is 2.05 bits per heavy atom. The van der Waals surface area contributed by atoms with Crippen LogP contribution in [0.2, 0.25) is 0 Å². The average molecular weight is 539 g/mol. The van der Waals surface area contributed by atoms with Gasteiger partial charge in [0.05, 0.1) is 6.54 Å². The van der Waals surface area contributed by atoms with E-state index < -0.39 is 41.6 Å². The van der Waals surface area contributed by atoms with Gasteiger partial charge >= 0.3 is 12.4 Å². The van der Waals surface area contributed by atoms with Crippen molar-refractivity contribution in [3.8, 4) is 5.75 Å². The molecule has 38 heavy (non-hydrogen) atoms. The summed E-state index contributed by atoms with van der Waals surface area (Å²) in [4.78, 5) is 14.5. The molecule has 0 aliphatic carbocycles. The molecule has 2 atom stereocenters. The van der Waals surface area contributed by atoms with Gasteiger partial charge in [-0.15, -0.1) is 0 Å². The summed E-state index contributed by atoms with van der Waals surface area (Å²) in [5.41, 5.74) is -6.31. The predicted octanol–water partition coefficient (Wildman–Crippen LogP) is 5.46. The molecule has 2 N–H and O–H groups in total. The first-order valence-electron chi connectivity index (χ1n) is 11.6. The predicted molar refractivity (Wildman–Crippen MR) is 125 cm³/mol. The smallest absolute Gasteiger partial charge is 0.430 e. The highest BCUT2D eigenvalue weighted by atomic mass is 19.4. The Labute approximate surface area is 213 Å². The number of rotatable bonds is 5. The molecular weight excluding hydrogens is 516 g/mol. The summed E-state index contributed by atoms with van der Waals surface area (Å²) in [5.74, 6) is -0.390. The minimum absolute atomic E-state index is 0.0135. The zero-order valence-electron chi connectivity index (χ0n) is 19.7. The van der Waals surface area contributed by atoms with Crippen LogP contribution in [-0.4, -0.2) is 41.1 Å². The Balaban J connectivity index is 1.77. The van der Waals surface area contributed by atoms with Gasteiger partial charge in [0.1, 0.15) is 11.9 Å². The number of halogens is 6. The molecule has 0 fully saturated rings. The normalized spacial score (nSPS) is 17.4. The highest BCUT2D eigenvalue weighted by Gasteiger charge is 2.71. The maximum atomic E-state index is 13.5. The van der Waals surface area contributed by atoms with Crippen molar-refractivity contribution in [2.24, 2.45) is 0 Å². The lowest BCUT2D eigenvalue weighted by Gasteiger charge is -2.33. The lowest BCUT2D eigenvalue weighted by atomic mass is 9.89. The Hall–Kier alpha value is -3.57. The molecule has 11 heteroatoms. The topological polar surface area (TPSA) is 70.0 Å². The van der Waals surface area contributed by atoms with Gasteiger partial charge in [-0.05, 0) is 42.2 Å². The summed E-state index contributed by atoms with van der Waals surface area (Å²) in [6, 6.07) is 18.4. The van der Waals surface area contributed by atoms with E-state index in [1.165, 1.54) is 12.1 Å². The second-order valence-corrected chi connectivity index (χ2v) is 8.90. The van der Waals surface area contributed by atoms with Crippen molar-refractivity contribution >= 4 is 11.6 Å². The number of aliphatic hydroxyl groups excluding tert-OH is 1. The van der Waals surface area contributed by atoms with Crippen molar-refractivity contribution in [2.45, 2.75) is 43.0 Å². The number of ether oxygens (including phenoxy) is 1. The van der Waals surface area contributed by atoms with Gasteiger partial charge in [0.2, 0.25) is 0 Å². The molecule has 2 unspecified atom stereocenters. The molecule has 4 rings (SSSR count). The lowest BCUT2D eigenvalue weighted by Crippen LogP contribution is -2.54. The van der Waals surface area contributed by atoms with E-state index in [9.17, 15) is 41.4 Å². The van der Waals surface area contributed by atoms with E-state index in [-0.39, 0.29) is 36.2 Å². The Kier molecular flexibility index (Phi) is 7.44. The Bertz CT molecular complexity index is 1250. The van der Waals surface area contributed by atoms with E-state index in [1.54, 1.807) is 48.5 Å². The summed E-state index contributed by atoms with van der Waals surface area (Å²) < 4.78 is 87.0. The fourth-order valence-electron chi connectivity index (χ4n) is 4.39. The Morgan fingerprint density at radius 1 is 0.895 bits per heavy atom. The maximum absolute atomic E-state index is 13.5. The van der Waals surface area contributed by atoms with Crippen LogP contribution in [-0.2, 0) is 16.8 Å². The lowest BCUT2D eigenvalue weighted by molar-refractivity contribution is -0.376. The second kappa shape index (κ2) is 10.3. The van der Waals surface area contributed by atoms with Crippen LogP contribution in [0.4, 0.5) is 32.0 Å². The van der Waals surface area contributed by atoms with Gasteiger partial charge in [0.25, 0.3) is 11.5 Å². The zero-order chi connectivity index (χ0) is 27.7. The van der Waals surface area contributed by atoms with Crippen molar-refractivity contribution in [3.63, 3.8) is 0 Å². The quantitative estimate of drug-likeness (QED) is 0.423. The summed E-state index contributed by atoms with van der Waals surface area (Å²) in [7, 11) is 0. The largest absolute Gasteiger partial charge is 0.489 e. The van der Waals surface area contributed by atoms with E-state index in [0.717, 1.165) is 11.0 Å². The summed E-state index contributed by atoms with van der Waals surface area (Å²) >= 11 is 0. The summed E-state index contributed by atoms with van der Waals surface area (Å²) in [6.45, 7) is -0.132. The number of aryl methyl sites for hydroxylation is 1. The average Bonchev–Trinajstić information content (AvgIpc) is 3.06. The molecule has 1 aliphatic heterocycles. The number of para-hydroxylation sites is 1. The molecule has 3 aromatic carbocycles. The fourth-order valence-corrected chi connectivity index (χ4v) is 4.39. The van der Waals surface area contributed by atoms with Gasteiger partial charge in [-0.25, -0.2) is 0 Å². The van der Waals surface area contributed by atoms with Gasteiger partial charge in [-0.2, -0.15) is 26.3 Å². The molecule has 202 valence electrons. The van der Waals surface area contributed by atoms with Crippen LogP contribution in [0.3, 0.4) is 0 Å². The third-order valence-corrected chi connectivity index (χ3v) is 6.39. The van der Waals surface area contributed by atoms with Crippen molar-refractivity contribution in [1.29, 1.82) is 0 Å². The molecule has 0 radical (unpaired) electrons. The molecule has 1 aliphatic rings. The number of aliphatic hydroxyl groups is 2. The van der Waals surface area contributed by atoms with Crippen LogP contribution in [0.15, 0.2) is 78.9 Å². The fraction of sp³-hybridized carbons (Fsp3) is 0.296. The van der Waals surface area contributed by atoms with E-state index in [2.05, 4.69) is 0 Å². The molecular formula is C27H23F6NO4. The van der Waals surface area contributed by atoms with Gasteiger partial charge in [0, 0.05) is 11.3 Å². The first kappa shape index (κ1) is 27.5. The zero-order valence-corrected chi connectivity index (χ0v) is 19.7. The molecule has 0 spiro atoms. The number of hydrogen-bond acceptors (Lipinski definition) is 4. The number of fused-ring (bicyclic) bond motifs is 1. The minimum Gasteiger partial charge on any atom is -0.489 e. The molecule has 0 saturated carbocycles. The standard InChI is InChI=1S/C27H23F6NO4/c28-26(29,30)25(37,27(31,32)33)19-12-14-22-18(15-19)11-13-21(38-20-9-5-2-6-10-20)16-34(22)24(36)23(35)17-7-3-1-4-8-17/h1-10,12,14-15,21,23,35,37H,11,13,16H2.